The third kappa shape index (κ3) is 1.73. The number of nitrogens with one attached hydrogen (secondary N) is 2. The van der Waals surface area contributed by atoms with Crippen molar-refractivity contribution in [3.05, 3.63) is 44.8 Å². The Kier molecular flexibility index (Phi) is 2.86. The maximum atomic E-state index is 12.0. The molecule has 5 heteroatoms. The van der Waals surface area contributed by atoms with Crippen LogP contribution in [0.5, 0.6) is 0 Å². The van der Waals surface area contributed by atoms with Gasteiger partial charge >= 0.3 is 0 Å². The van der Waals surface area contributed by atoms with Crippen LogP contribution in [0.1, 0.15) is 17.3 Å². The van der Waals surface area contributed by atoms with Gasteiger partial charge in [-0.25, -0.2) is 0 Å². The molecule has 2 N–H and O–H groups in total. The van der Waals surface area contributed by atoms with Crippen molar-refractivity contribution in [2.24, 2.45) is 0 Å². The van der Waals surface area contributed by atoms with Crippen LogP contribution >= 0.6 is 11.6 Å². The highest BCUT2D eigenvalue weighted by atomic mass is 35.5. The summed E-state index contributed by atoms with van der Waals surface area (Å²) in [4.78, 5) is 14.9. The van der Waals surface area contributed by atoms with Crippen LogP contribution in [0, 0.1) is 0 Å². The summed E-state index contributed by atoms with van der Waals surface area (Å²) in [6, 6.07) is 5.51. The number of likely N-dealkylation sites (N-methyl/N-ethyl adjacent to an activating group) is 1. The maximum Gasteiger partial charge on any atom is 0.256 e. The molecule has 2 aromatic rings. The molecule has 0 bridgehead atoms. The van der Waals surface area contributed by atoms with Gasteiger partial charge in [-0.3, -0.25) is 4.79 Å². The van der Waals surface area contributed by atoms with Crippen molar-refractivity contribution in [2.75, 3.05) is 13.7 Å². The average molecular weight is 265 g/mol. The molecule has 0 amide bonds. The fourth-order valence-electron chi connectivity index (χ4n) is 2.48. The maximum absolute atomic E-state index is 12.0. The Labute approximate surface area is 109 Å². The van der Waals surface area contributed by atoms with Crippen LogP contribution in [0.25, 0.3) is 10.8 Å². The molecule has 1 aromatic carbocycles. The second-order valence-electron chi connectivity index (χ2n) is 4.39. The Hall–Kier alpha value is -1.36. The highest BCUT2D eigenvalue weighted by molar-refractivity contribution is 6.31. The summed E-state index contributed by atoms with van der Waals surface area (Å²) >= 11 is 5.95. The lowest BCUT2D eigenvalue weighted by Gasteiger charge is -2.26. The number of halogens is 1. The first-order valence-corrected chi connectivity index (χ1v) is 6.18. The van der Waals surface area contributed by atoms with Crippen LogP contribution in [-0.4, -0.2) is 18.6 Å². The molecule has 4 nitrogen and oxygen atoms in total. The lowest BCUT2D eigenvalue weighted by Crippen LogP contribution is -2.29. The minimum atomic E-state index is -0.119. The Morgan fingerprint density at radius 2 is 2.28 bits per heavy atom. The highest BCUT2D eigenvalue weighted by Gasteiger charge is 2.23. The van der Waals surface area contributed by atoms with Gasteiger partial charge in [0.2, 0.25) is 0 Å². The van der Waals surface area contributed by atoms with Gasteiger partial charge < -0.3 is 15.0 Å². The predicted molar refractivity (Wildman–Crippen MR) is 71.0 cm³/mol. The summed E-state index contributed by atoms with van der Waals surface area (Å²) in [6.45, 7) is 1.05. The van der Waals surface area contributed by atoms with Gasteiger partial charge in [-0.1, -0.05) is 17.7 Å². The summed E-state index contributed by atoms with van der Waals surface area (Å²) < 4.78 is 5.47. The van der Waals surface area contributed by atoms with Gasteiger partial charge in [0.05, 0.1) is 19.3 Å². The third-order valence-corrected chi connectivity index (χ3v) is 3.57. The quantitative estimate of drug-likeness (QED) is 0.828. The minimum absolute atomic E-state index is 0.0919. The van der Waals surface area contributed by atoms with Crippen molar-refractivity contribution in [3.8, 4) is 0 Å². The molecule has 0 aliphatic carbocycles. The molecule has 1 aliphatic rings. The second-order valence-corrected chi connectivity index (χ2v) is 4.83. The van der Waals surface area contributed by atoms with Crippen LogP contribution < -0.4 is 10.9 Å². The molecule has 0 saturated carbocycles. The number of benzene rings is 1. The van der Waals surface area contributed by atoms with Crippen molar-refractivity contribution in [1.82, 2.24) is 10.3 Å². The summed E-state index contributed by atoms with van der Waals surface area (Å²) in [5.41, 5.74) is 1.84. The van der Waals surface area contributed by atoms with E-state index in [1.807, 2.05) is 19.2 Å². The van der Waals surface area contributed by atoms with Crippen LogP contribution in [0.15, 0.2) is 23.0 Å². The number of H-pyrrole nitrogens is 1. The first-order valence-electron chi connectivity index (χ1n) is 5.80. The molecule has 94 valence electrons. The molecular weight excluding hydrogens is 252 g/mol. The van der Waals surface area contributed by atoms with E-state index in [2.05, 4.69) is 10.3 Å². The standard InChI is InChI=1S/C13H13ClN2O2/c1-15-10-5-18-6-11-12(10)8-3-2-7(14)4-9(8)13(17)16-11/h2-4,10,15H,5-6H2,1H3,(H,16,17). The fraction of sp³-hybridized carbons (Fsp3) is 0.308. The van der Waals surface area contributed by atoms with E-state index in [-0.39, 0.29) is 11.6 Å². The Balaban J connectivity index is 2.39. The zero-order valence-corrected chi connectivity index (χ0v) is 10.7. The van der Waals surface area contributed by atoms with Gasteiger partial charge in [0.25, 0.3) is 5.56 Å². The second kappa shape index (κ2) is 4.39. The molecule has 0 fully saturated rings. The molecule has 0 spiro atoms. The van der Waals surface area contributed by atoms with E-state index in [0.717, 1.165) is 16.6 Å². The van der Waals surface area contributed by atoms with Crippen molar-refractivity contribution < 1.29 is 4.74 Å². The first-order chi connectivity index (χ1) is 8.70. The van der Waals surface area contributed by atoms with E-state index in [4.69, 9.17) is 16.3 Å². The van der Waals surface area contributed by atoms with Crippen LogP contribution in [0.4, 0.5) is 0 Å². The number of fused-ring (bicyclic) bond motifs is 3. The van der Waals surface area contributed by atoms with Crippen molar-refractivity contribution in [2.45, 2.75) is 12.6 Å². The topological polar surface area (TPSA) is 54.1 Å². The van der Waals surface area contributed by atoms with Gasteiger partial charge in [0.1, 0.15) is 0 Å². The lowest BCUT2D eigenvalue weighted by molar-refractivity contribution is 0.0819. The fourth-order valence-corrected chi connectivity index (χ4v) is 2.65. The minimum Gasteiger partial charge on any atom is -0.373 e. The Morgan fingerprint density at radius 3 is 3.06 bits per heavy atom. The molecular formula is C13H13ClN2O2. The molecule has 1 aromatic heterocycles. The molecule has 18 heavy (non-hydrogen) atoms. The molecule has 3 rings (SSSR count). The van der Waals surface area contributed by atoms with E-state index < -0.39 is 0 Å². The SMILES string of the molecule is CNC1COCc2[nH]c(=O)c3cc(Cl)ccc3c21. The van der Waals surface area contributed by atoms with Crippen LogP contribution in [0.2, 0.25) is 5.02 Å². The Morgan fingerprint density at radius 1 is 1.44 bits per heavy atom. The third-order valence-electron chi connectivity index (χ3n) is 3.33. The summed E-state index contributed by atoms with van der Waals surface area (Å²) in [5, 5.41) is 5.35. The number of pyridine rings is 1. The zero-order valence-electron chi connectivity index (χ0n) is 9.92. The van der Waals surface area contributed by atoms with Gasteiger partial charge in [-0.2, -0.15) is 0 Å². The molecule has 0 saturated heterocycles. The number of hydrogen-bond acceptors (Lipinski definition) is 3. The normalized spacial score (nSPS) is 18.9. The number of rotatable bonds is 1. The first kappa shape index (κ1) is 11.7. The van der Waals surface area contributed by atoms with E-state index in [1.54, 1.807) is 6.07 Å². The van der Waals surface area contributed by atoms with Gasteiger partial charge in [0, 0.05) is 21.7 Å². The zero-order chi connectivity index (χ0) is 12.7. The van der Waals surface area contributed by atoms with Gasteiger partial charge in [-0.05, 0) is 24.6 Å². The molecule has 0 radical (unpaired) electrons. The largest absolute Gasteiger partial charge is 0.373 e. The number of hydrogen-bond donors (Lipinski definition) is 2. The summed E-state index contributed by atoms with van der Waals surface area (Å²) in [7, 11) is 1.88. The average Bonchev–Trinajstić information content (AvgIpc) is 2.38. The lowest BCUT2D eigenvalue weighted by atomic mass is 9.97. The van der Waals surface area contributed by atoms with Crippen LogP contribution in [0.3, 0.4) is 0 Å². The van der Waals surface area contributed by atoms with E-state index in [1.165, 1.54) is 0 Å². The number of ether oxygens (including phenoxy) is 1. The molecule has 1 aliphatic heterocycles. The van der Waals surface area contributed by atoms with Gasteiger partial charge in [-0.15, -0.1) is 0 Å². The highest BCUT2D eigenvalue weighted by Crippen LogP contribution is 2.30. The predicted octanol–water partition coefficient (Wildman–Crippen LogP) is 1.97. The van der Waals surface area contributed by atoms with Gasteiger partial charge in [0.15, 0.2) is 0 Å². The van der Waals surface area contributed by atoms with E-state index >= 15 is 0 Å². The van der Waals surface area contributed by atoms with Crippen molar-refractivity contribution >= 4 is 22.4 Å². The summed E-state index contributed by atoms with van der Waals surface area (Å²) in [5.74, 6) is 0. The molecule has 2 heterocycles. The Bertz CT molecular complexity index is 666. The van der Waals surface area contributed by atoms with E-state index in [0.29, 0.717) is 23.6 Å². The molecule has 1 atom stereocenters. The number of aromatic nitrogens is 1. The molecule has 1 unspecified atom stereocenters. The monoisotopic (exact) mass is 264 g/mol. The summed E-state index contributed by atoms with van der Waals surface area (Å²) in [6.07, 6.45) is 0. The van der Waals surface area contributed by atoms with Crippen molar-refractivity contribution in [3.63, 3.8) is 0 Å². The van der Waals surface area contributed by atoms with E-state index in [9.17, 15) is 4.79 Å². The van der Waals surface area contributed by atoms with Crippen LogP contribution in [-0.2, 0) is 11.3 Å². The van der Waals surface area contributed by atoms with Crippen molar-refractivity contribution in [1.29, 1.82) is 0 Å². The smallest absolute Gasteiger partial charge is 0.256 e. The number of aromatic amines is 1.